The minimum absolute atomic E-state index is 0. The Hall–Kier alpha value is 2.49. The fraction of sp³-hybridized carbons (Fsp3) is 0. The largest absolute Gasteiger partial charge is 0.0623 e. The Morgan fingerprint density at radius 3 is 0.625 bits per heavy atom. The standard InChI is InChI=1S/C6H6.2K/c1-2-4-6-5-3-1;;/h1-6H;;. The van der Waals surface area contributed by atoms with E-state index in [4.69, 9.17) is 0 Å². The summed E-state index contributed by atoms with van der Waals surface area (Å²) in [6.45, 7) is 0. The molecule has 2 heteroatoms. The molecule has 0 amide bonds. The molecule has 0 saturated carbocycles. The maximum Gasteiger partial charge on any atom is 0 e. The summed E-state index contributed by atoms with van der Waals surface area (Å²) in [6.07, 6.45) is 0. The molecule has 0 aliphatic carbocycles. The van der Waals surface area contributed by atoms with E-state index in [1.807, 2.05) is 36.4 Å². The van der Waals surface area contributed by atoms with E-state index in [0.29, 0.717) is 0 Å². The minimum atomic E-state index is 0. The molecule has 0 atom stereocenters. The van der Waals surface area contributed by atoms with Crippen LogP contribution in [0.4, 0.5) is 0 Å². The van der Waals surface area contributed by atoms with E-state index < -0.39 is 0 Å². The fourth-order valence-electron chi connectivity index (χ4n) is 0.385. The van der Waals surface area contributed by atoms with Crippen LogP contribution in [0.2, 0.25) is 0 Å². The van der Waals surface area contributed by atoms with Gasteiger partial charge in [0.1, 0.15) is 0 Å². The van der Waals surface area contributed by atoms with Crippen molar-refractivity contribution in [2.45, 2.75) is 0 Å². The van der Waals surface area contributed by atoms with Gasteiger partial charge in [-0.2, -0.15) is 0 Å². The summed E-state index contributed by atoms with van der Waals surface area (Å²) >= 11 is 0. The molecule has 1 aromatic carbocycles. The van der Waals surface area contributed by atoms with Crippen LogP contribution in [0, 0.1) is 0 Å². The average molecular weight is 156 g/mol. The van der Waals surface area contributed by atoms with Crippen LogP contribution in [0.3, 0.4) is 0 Å². The molecule has 2 radical (unpaired) electrons. The predicted molar refractivity (Wildman–Crippen MR) is 38.0 cm³/mol. The van der Waals surface area contributed by atoms with Gasteiger partial charge in [-0.15, -0.1) is 0 Å². The molecule has 0 fully saturated rings. The normalized spacial score (nSPS) is 6.00. The van der Waals surface area contributed by atoms with Gasteiger partial charge in [-0.3, -0.25) is 0 Å². The van der Waals surface area contributed by atoms with Gasteiger partial charge in [-0.25, -0.2) is 0 Å². The van der Waals surface area contributed by atoms with Crippen molar-refractivity contribution < 1.29 is 0 Å². The first kappa shape index (κ1) is 13.1. The summed E-state index contributed by atoms with van der Waals surface area (Å²) in [6, 6.07) is 12.0. The molecule has 0 bridgehead atoms. The van der Waals surface area contributed by atoms with Crippen LogP contribution in [0.25, 0.3) is 0 Å². The summed E-state index contributed by atoms with van der Waals surface area (Å²) in [5.41, 5.74) is 0. The van der Waals surface area contributed by atoms with Gasteiger partial charge < -0.3 is 0 Å². The van der Waals surface area contributed by atoms with E-state index in [0.717, 1.165) is 0 Å². The van der Waals surface area contributed by atoms with E-state index >= 15 is 0 Å². The maximum atomic E-state index is 2.00. The van der Waals surface area contributed by atoms with Gasteiger partial charge in [-0.1, -0.05) is 36.4 Å². The molecule has 1 aromatic rings. The third-order valence-corrected chi connectivity index (χ3v) is 0.667. The first-order chi connectivity index (χ1) is 3.00. The summed E-state index contributed by atoms with van der Waals surface area (Å²) in [5.74, 6) is 0. The smallest absolute Gasteiger partial charge is 0 e. The SMILES string of the molecule is [K].[K].c1ccccc1. The van der Waals surface area contributed by atoms with Crippen molar-refractivity contribution in [2.24, 2.45) is 0 Å². The first-order valence-electron chi connectivity index (χ1n) is 2.00. The Morgan fingerprint density at radius 1 is 0.375 bits per heavy atom. The molecule has 0 spiro atoms. The van der Waals surface area contributed by atoms with Gasteiger partial charge in [0.2, 0.25) is 0 Å². The van der Waals surface area contributed by atoms with E-state index in [1.165, 1.54) is 0 Å². The van der Waals surface area contributed by atoms with Crippen LogP contribution in [0.1, 0.15) is 0 Å². The fourth-order valence-corrected chi connectivity index (χ4v) is 0.385. The number of hydrogen-bond acceptors (Lipinski definition) is 0. The zero-order valence-electron chi connectivity index (χ0n) is 5.46. The van der Waals surface area contributed by atoms with Crippen LogP contribution >= 0.6 is 0 Å². The molecule has 1 rings (SSSR count). The van der Waals surface area contributed by atoms with Crippen molar-refractivity contribution in [3.05, 3.63) is 36.4 Å². The Morgan fingerprint density at radius 2 is 0.500 bits per heavy atom. The summed E-state index contributed by atoms with van der Waals surface area (Å²) in [7, 11) is 0. The topological polar surface area (TPSA) is 0 Å². The minimum Gasteiger partial charge on any atom is -0.0623 e. The first-order valence-corrected chi connectivity index (χ1v) is 2.00. The van der Waals surface area contributed by atoms with Gasteiger partial charge in [0.15, 0.2) is 0 Å². The molecule has 0 aromatic heterocycles. The van der Waals surface area contributed by atoms with Crippen LogP contribution in [-0.4, -0.2) is 103 Å². The molecular formula is C6H6K2. The van der Waals surface area contributed by atoms with Gasteiger partial charge in [0.25, 0.3) is 0 Å². The third-order valence-electron chi connectivity index (χ3n) is 0.667. The van der Waals surface area contributed by atoms with Crippen LogP contribution in [0.5, 0.6) is 0 Å². The van der Waals surface area contributed by atoms with Crippen molar-refractivity contribution in [3.8, 4) is 0 Å². The number of rotatable bonds is 0. The summed E-state index contributed by atoms with van der Waals surface area (Å²) in [4.78, 5) is 0. The molecule has 8 heavy (non-hydrogen) atoms. The second-order valence-corrected chi connectivity index (χ2v) is 1.15. The Labute approximate surface area is 135 Å². The molecule has 0 saturated heterocycles. The molecule has 32 valence electrons. The average Bonchev–Trinajstić information content (AvgIpc) is 1.72. The molecule has 0 unspecified atom stereocenters. The van der Waals surface area contributed by atoms with Crippen LogP contribution in [-0.2, 0) is 0 Å². The molecular weight excluding hydrogens is 150 g/mol. The molecule has 0 nitrogen and oxygen atoms in total. The quantitative estimate of drug-likeness (QED) is 0.490. The number of benzene rings is 1. The number of hydrogen-bond donors (Lipinski definition) is 0. The second-order valence-electron chi connectivity index (χ2n) is 1.15. The molecule has 0 aliphatic heterocycles. The van der Waals surface area contributed by atoms with E-state index in [9.17, 15) is 0 Å². The Kier molecular flexibility index (Phi) is 15.6. The van der Waals surface area contributed by atoms with Crippen molar-refractivity contribution in [2.75, 3.05) is 0 Å². The molecule has 0 N–H and O–H groups in total. The van der Waals surface area contributed by atoms with Crippen molar-refractivity contribution in [1.82, 2.24) is 0 Å². The molecule has 0 aliphatic rings. The monoisotopic (exact) mass is 156 g/mol. The van der Waals surface area contributed by atoms with E-state index in [1.54, 1.807) is 0 Å². The van der Waals surface area contributed by atoms with Crippen molar-refractivity contribution in [1.29, 1.82) is 0 Å². The van der Waals surface area contributed by atoms with Gasteiger partial charge >= 0.3 is 0 Å². The van der Waals surface area contributed by atoms with Gasteiger partial charge in [0, 0.05) is 103 Å². The Bertz CT molecular complexity index is 78.5. The van der Waals surface area contributed by atoms with Gasteiger partial charge in [-0.05, 0) is 0 Å². The third kappa shape index (κ3) is 6.61. The van der Waals surface area contributed by atoms with Crippen LogP contribution < -0.4 is 0 Å². The summed E-state index contributed by atoms with van der Waals surface area (Å²) < 4.78 is 0. The zero-order valence-corrected chi connectivity index (χ0v) is 11.7. The second kappa shape index (κ2) is 9.49. The predicted octanol–water partition coefficient (Wildman–Crippen LogP) is 0.925. The van der Waals surface area contributed by atoms with E-state index in [2.05, 4.69) is 0 Å². The van der Waals surface area contributed by atoms with Crippen LogP contribution in [0.15, 0.2) is 36.4 Å². The zero-order chi connectivity index (χ0) is 4.24. The van der Waals surface area contributed by atoms with Crippen molar-refractivity contribution in [3.63, 3.8) is 0 Å². The van der Waals surface area contributed by atoms with Gasteiger partial charge in [0.05, 0.1) is 0 Å². The van der Waals surface area contributed by atoms with Crippen molar-refractivity contribution >= 4 is 103 Å². The van der Waals surface area contributed by atoms with E-state index in [-0.39, 0.29) is 103 Å². The summed E-state index contributed by atoms with van der Waals surface area (Å²) in [5, 5.41) is 0. The Balaban J connectivity index is 0. The maximum absolute atomic E-state index is 2.00. The molecule has 0 heterocycles.